The van der Waals surface area contributed by atoms with Crippen molar-refractivity contribution >= 4 is 11.8 Å². The van der Waals surface area contributed by atoms with Gasteiger partial charge in [0.05, 0.1) is 6.61 Å². The van der Waals surface area contributed by atoms with Gasteiger partial charge in [0.25, 0.3) is 5.91 Å². The smallest absolute Gasteiger partial charge is 0.272 e. The van der Waals surface area contributed by atoms with E-state index in [0.717, 1.165) is 31.5 Å². The van der Waals surface area contributed by atoms with Crippen LogP contribution >= 0.6 is 0 Å². The minimum absolute atomic E-state index is 0.00726. The largest absolute Gasteiger partial charge is 0.383 e. The second kappa shape index (κ2) is 7.70. The van der Waals surface area contributed by atoms with E-state index in [1.807, 2.05) is 23.6 Å². The lowest BCUT2D eigenvalue weighted by Crippen LogP contribution is -2.55. The molecule has 7 nitrogen and oxygen atoms in total. The molecule has 0 aromatic carbocycles. The quantitative estimate of drug-likeness (QED) is 0.815. The first-order valence-electron chi connectivity index (χ1n) is 9.31. The van der Waals surface area contributed by atoms with Crippen LogP contribution in [0.3, 0.4) is 0 Å². The summed E-state index contributed by atoms with van der Waals surface area (Å²) in [4.78, 5) is 37.6. The summed E-state index contributed by atoms with van der Waals surface area (Å²) in [6.45, 7) is 6.99. The van der Waals surface area contributed by atoms with Crippen molar-refractivity contribution in [2.45, 2.75) is 39.5 Å². The molecule has 142 valence electrons. The van der Waals surface area contributed by atoms with Gasteiger partial charge in [0, 0.05) is 50.8 Å². The van der Waals surface area contributed by atoms with Crippen molar-refractivity contribution in [2.75, 3.05) is 39.9 Å². The molecule has 1 aromatic rings. The highest BCUT2D eigenvalue weighted by molar-refractivity contribution is 5.92. The van der Waals surface area contributed by atoms with Gasteiger partial charge >= 0.3 is 0 Å². The topological polar surface area (TPSA) is 75.6 Å². The van der Waals surface area contributed by atoms with Crippen LogP contribution in [0.25, 0.3) is 0 Å². The molecule has 2 aliphatic rings. The molecule has 2 saturated heterocycles. The molecule has 2 amide bonds. The molecule has 3 rings (SSSR count). The van der Waals surface area contributed by atoms with Crippen molar-refractivity contribution in [2.24, 2.45) is 5.41 Å². The van der Waals surface area contributed by atoms with Gasteiger partial charge in [-0.2, -0.15) is 0 Å². The van der Waals surface area contributed by atoms with E-state index in [1.54, 1.807) is 13.2 Å². The van der Waals surface area contributed by atoms with E-state index in [9.17, 15) is 9.59 Å². The number of likely N-dealkylation sites (tertiary alicyclic amines) is 2. The Morgan fingerprint density at radius 2 is 2.08 bits per heavy atom. The number of aryl methyl sites for hydroxylation is 2. The maximum Gasteiger partial charge on any atom is 0.272 e. The van der Waals surface area contributed by atoms with Gasteiger partial charge in [-0.15, -0.1) is 0 Å². The van der Waals surface area contributed by atoms with Gasteiger partial charge in [-0.3, -0.25) is 9.59 Å². The predicted octanol–water partition coefficient (Wildman–Crippen LogP) is 1.58. The summed E-state index contributed by atoms with van der Waals surface area (Å²) in [7, 11) is 1.65. The zero-order valence-corrected chi connectivity index (χ0v) is 16.0. The SMILES string of the molecule is COCCN1C[C@]2(CCCN(C(=O)c3cc(C)nc(C)n3)C2)CCC1=O. The van der Waals surface area contributed by atoms with Crippen LogP contribution in [-0.2, 0) is 9.53 Å². The van der Waals surface area contributed by atoms with E-state index >= 15 is 0 Å². The monoisotopic (exact) mass is 360 g/mol. The average Bonchev–Trinajstić information content (AvgIpc) is 2.61. The van der Waals surface area contributed by atoms with Crippen molar-refractivity contribution in [3.8, 4) is 0 Å². The van der Waals surface area contributed by atoms with Gasteiger partial charge < -0.3 is 14.5 Å². The predicted molar refractivity (Wildman–Crippen MR) is 96.8 cm³/mol. The summed E-state index contributed by atoms with van der Waals surface area (Å²) < 4.78 is 5.14. The number of rotatable bonds is 4. The molecule has 0 aliphatic carbocycles. The highest BCUT2D eigenvalue weighted by Crippen LogP contribution is 2.39. The summed E-state index contributed by atoms with van der Waals surface area (Å²) >= 11 is 0. The summed E-state index contributed by atoms with van der Waals surface area (Å²) in [5.74, 6) is 0.783. The molecular formula is C19H28N4O3. The molecule has 7 heteroatoms. The van der Waals surface area contributed by atoms with E-state index in [-0.39, 0.29) is 17.2 Å². The van der Waals surface area contributed by atoms with Crippen LogP contribution in [0.5, 0.6) is 0 Å². The number of amides is 2. The van der Waals surface area contributed by atoms with Crippen molar-refractivity contribution < 1.29 is 14.3 Å². The molecule has 0 bridgehead atoms. The third-order valence-electron chi connectivity index (χ3n) is 5.45. The normalized spacial score (nSPS) is 23.6. The number of carbonyl (C=O) groups is 2. The number of hydrogen-bond acceptors (Lipinski definition) is 5. The van der Waals surface area contributed by atoms with Crippen LogP contribution < -0.4 is 0 Å². The maximum absolute atomic E-state index is 13.0. The third-order valence-corrected chi connectivity index (χ3v) is 5.45. The second-order valence-corrected chi connectivity index (χ2v) is 7.58. The van der Waals surface area contributed by atoms with Gasteiger partial charge in [0.15, 0.2) is 0 Å². The molecule has 2 aliphatic heterocycles. The molecular weight excluding hydrogens is 332 g/mol. The molecule has 0 saturated carbocycles. The van der Waals surface area contributed by atoms with Crippen LogP contribution in [0, 0.1) is 19.3 Å². The number of hydrogen-bond donors (Lipinski definition) is 0. The lowest BCUT2D eigenvalue weighted by Gasteiger charge is -2.48. The zero-order valence-electron chi connectivity index (χ0n) is 16.0. The average molecular weight is 360 g/mol. The Morgan fingerprint density at radius 3 is 2.81 bits per heavy atom. The fraction of sp³-hybridized carbons (Fsp3) is 0.684. The lowest BCUT2D eigenvalue weighted by molar-refractivity contribution is -0.139. The number of piperidine rings is 2. The van der Waals surface area contributed by atoms with Crippen molar-refractivity contribution in [1.29, 1.82) is 0 Å². The molecule has 0 unspecified atom stereocenters. The Bertz CT molecular complexity index is 673. The fourth-order valence-corrected chi connectivity index (χ4v) is 4.21. The minimum atomic E-state index is -0.0296. The lowest BCUT2D eigenvalue weighted by atomic mass is 9.73. The molecule has 2 fully saturated rings. The molecule has 26 heavy (non-hydrogen) atoms. The number of methoxy groups -OCH3 is 1. The van der Waals surface area contributed by atoms with Crippen LogP contribution in [-0.4, -0.2) is 71.5 Å². The number of ether oxygens (including phenoxy) is 1. The molecule has 3 heterocycles. The fourth-order valence-electron chi connectivity index (χ4n) is 4.21. The minimum Gasteiger partial charge on any atom is -0.383 e. The summed E-state index contributed by atoms with van der Waals surface area (Å²) in [6, 6.07) is 1.76. The van der Waals surface area contributed by atoms with Gasteiger partial charge in [0.2, 0.25) is 5.91 Å². The van der Waals surface area contributed by atoms with Gasteiger partial charge in [0.1, 0.15) is 11.5 Å². The summed E-state index contributed by atoms with van der Waals surface area (Å²) in [5.41, 5.74) is 1.27. The molecule has 1 atom stereocenters. The Labute approximate surface area is 154 Å². The van der Waals surface area contributed by atoms with Crippen LogP contribution in [0.4, 0.5) is 0 Å². The van der Waals surface area contributed by atoms with Crippen molar-refractivity contribution in [1.82, 2.24) is 19.8 Å². The van der Waals surface area contributed by atoms with E-state index in [1.165, 1.54) is 0 Å². The van der Waals surface area contributed by atoms with Gasteiger partial charge in [-0.1, -0.05) is 0 Å². The maximum atomic E-state index is 13.0. The number of aromatic nitrogens is 2. The number of carbonyl (C=O) groups excluding carboxylic acids is 2. The molecule has 1 aromatic heterocycles. The van der Waals surface area contributed by atoms with E-state index in [2.05, 4.69) is 9.97 Å². The first-order chi connectivity index (χ1) is 12.4. The van der Waals surface area contributed by atoms with E-state index in [4.69, 9.17) is 4.74 Å². The van der Waals surface area contributed by atoms with Crippen LogP contribution in [0.15, 0.2) is 6.07 Å². The first-order valence-corrected chi connectivity index (χ1v) is 9.31. The van der Waals surface area contributed by atoms with E-state index < -0.39 is 0 Å². The van der Waals surface area contributed by atoms with E-state index in [0.29, 0.717) is 44.2 Å². The van der Waals surface area contributed by atoms with Gasteiger partial charge in [-0.05, 0) is 39.2 Å². The summed E-state index contributed by atoms with van der Waals surface area (Å²) in [5, 5.41) is 0. The zero-order chi connectivity index (χ0) is 18.7. The standard InChI is InChI=1S/C19H28N4O3/c1-14-11-16(21-15(2)20-14)18(25)23-8-4-6-19(13-23)7-5-17(24)22(12-19)9-10-26-3/h11H,4-10,12-13H2,1-3H3/t19-/m0/s1. The van der Waals surface area contributed by atoms with Crippen LogP contribution in [0.1, 0.15) is 47.7 Å². The Kier molecular flexibility index (Phi) is 5.55. The van der Waals surface area contributed by atoms with Crippen LogP contribution in [0.2, 0.25) is 0 Å². The molecule has 0 N–H and O–H groups in total. The highest BCUT2D eigenvalue weighted by Gasteiger charge is 2.42. The first kappa shape index (κ1) is 18.8. The number of nitrogens with zero attached hydrogens (tertiary/aromatic N) is 4. The summed E-state index contributed by atoms with van der Waals surface area (Å²) in [6.07, 6.45) is 3.41. The Hall–Kier alpha value is -2.02. The van der Waals surface area contributed by atoms with Crippen molar-refractivity contribution in [3.63, 3.8) is 0 Å². The van der Waals surface area contributed by atoms with Crippen molar-refractivity contribution in [3.05, 3.63) is 23.3 Å². The van der Waals surface area contributed by atoms with Gasteiger partial charge in [-0.25, -0.2) is 9.97 Å². The Morgan fingerprint density at radius 1 is 1.27 bits per heavy atom. The Balaban J connectivity index is 1.73. The third kappa shape index (κ3) is 4.03. The second-order valence-electron chi connectivity index (χ2n) is 7.58. The molecule has 0 radical (unpaired) electrons. The highest BCUT2D eigenvalue weighted by atomic mass is 16.5. The molecule has 1 spiro atoms.